The lowest BCUT2D eigenvalue weighted by Crippen LogP contribution is -2.34. The number of carbonyl (C=O) groups is 1. The fraction of sp³-hybridized carbons (Fsp3) is 0.316. The van der Waals surface area contributed by atoms with Crippen molar-refractivity contribution < 1.29 is 18.5 Å². The number of halogens is 1. The van der Waals surface area contributed by atoms with Crippen molar-refractivity contribution in [1.82, 2.24) is 4.90 Å². The molecule has 1 aliphatic heterocycles. The number of hydrogen-bond acceptors (Lipinski definition) is 4. The van der Waals surface area contributed by atoms with Crippen LogP contribution in [0.5, 0.6) is 11.5 Å². The van der Waals surface area contributed by atoms with E-state index < -0.39 is 10.8 Å². The zero-order valence-electron chi connectivity index (χ0n) is 14.4. The largest absolute Gasteiger partial charge is 0.454 e. The Morgan fingerprint density at radius 2 is 1.96 bits per heavy atom. The average Bonchev–Trinajstić information content (AvgIpc) is 3.09. The van der Waals surface area contributed by atoms with Gasteiger partial charge in [0.1, 0.15) is 5.75 Å². The molecule has 0 spiro atoms. The summed E-state index contributed by atoms with van der Waals surface area (Å²) < 4.78 is 23.0. The van der Waals surface area contributed by atoms with E-state index >= 15 is 0 Å². The van der Waals surface area contributed by atoms with Crippen molar-refractivity contribution in [3.8, 4) is 11.5 Å². The van der Waals surface area contributed by atoms with Gasteiger partial charge in [-0.25, -0.2) is 0 Å². The van der Waals surface area contributed by atoms with Crippen molar-refractivity contribution in [2.75, 3.05) is 19.1 Å². The molecule has 1 unspecified atom stereocenters. The number of rotatable bonds is 7. The van der Waals surface area contributed by atoms with E-state index in [0.717, 1.165) is 11.1 Å². The standard InChI is InChI=1S/C19H20ClNO4S/c1-2-21(10-14-6-4-3-5-7-14)18(22)12-26(23)11-15-8-16(20)19-17(9-15)24-13-25-19/h3-9H,2,10-13H2,1H3. The third kappa shape index (κ3) is 4.56. The highest BCUT2D eigenvalue weighted by Gasteiger charge is 2.20. The quantitative estimate of drug-likeness (QED) is 0.723. The molecule has 0 aromatic heterocycles. The van der Waals surface area contributed by atoms with Gasteiger partial charge in [0.25, 0.3) is 0 Å². The molecule has 0 fully saturated rings. The fourth-order valence-electron chi connectivity index (χ4n) is 2.75. The molecular weight excluding hydrogens is 374 g/mol. The molecule has 0 N–H and O–H groups in total. The van der Waals surface area contributed by atoms with Gasteiger partial charge in [0.05, 0.1) is 5.02 Å². The second kappa shape index (κ2) is 8.56. The predicted octanol–water partition coefficient (Wildman–Crippen LogP) is 3.37. The van der Waals surface area contributed by atoms with Crippen molar-refractivity contribution in [3.63, 3.8) is 0 Å². The summed E-state index contributed by atoms with van der Waals surface area (Å²) in [4.78, 5) is 14.2. The van der Waals surface area contributed by atoms with Crippen LogP contribution in [-0.4, -0.2) is 34.1 Å². The molecule has 138 valence electrons. The van der Waals surface area contributed by atoms with Crippen LogP contribution in [0.25, 0.3) is 0 Å². The smallest absolute Gasteiger partial charge is 0.235 e. The predicted molar refractivity (Wildman–Crippen MR) is 102 cm³/mol. The van der Waals surface area contributed by atoms with Crippen LogP contribution < -0.4 is 9.47 Å². The molecule has 0 radical (unpaired) electrons. The van der Waals surface area contributed by atoms with E-state index in [1.165, 1.54) is 0 Å². The number of ether oxygens (including phenoxy) is 2. The molecular formula is C19H20ClNO4S. The monoisotopic (exact) mass is 393 g/mol. The minimum Gasteiger partial charge on any atom is -0.454 e. The first-order valence-corrected chi connectivity index (χ1v) is 10.2. The summed E-state index contributed by atoms with van der Waals surface area (Å²) in [6.45, 7) is 3.14. The van der Waals surface area contributed by atoms with Crippen LogP contribution in [0.2, 0.25) is 5.02 Å². The molecule has 0 saturated heterocycles. The Hall–Kier alpha value is -2.05. The summed E-state index contributed by atoms with van der Waals surface area (Å²) in [5.74, 6) is 1.16. The van der Waals surface area contributed by atoms with Crippen LogP contribution >= 0.6 is 11.6 Å². The molecule has 0 saturated carbocycles. The minimum atomic E-state index is -1.33. The number of fused-ring (bicyclic) bond motifs is 1. The molecule has 2 aromatic carbocycles. The molecule has 5 nitrogen and oxygen atoms in total. The van der Waals surface area contributed by atoms with Crippen LogP contribution in [-0.2, 0) is 27.9 Å². The van der Waals surface area contributed by atoms with Gasteiger partial charge in [0.15, 0.2) is 11.5 Å². The van der Waals surface area contributed by atoms with Crippen molar-refractivity contribution in [2.24, 2.45) is 0 Å². The molecule has 3 rings (SSSR count). The summed E-state index contributed by atoms with van der Waals surface area (Å²) in [5.41, 5.74) is 1.81. The molecule has 1 atom stereocenters. The highest BCUT2D eigenvalue weighted by atomic mass is 35.5. The zero-order chi connectivity index (χ0) is 18.5. The highest BCUT2D eigenvalue weighted by molar-refractivity contribution is 7.84. The molecule has 26 heavy (non-hydrogen) atoms. The number of amides is 1. The van der Waals surface area contributed by atoms with Crippen LogP contribution in [0.4, 0.5) is 0 Å². The van der Waals surface area contributed by atoms with Crippen LogP contribution in [0.15, 0.2) is 42.5 Å². The number of benzene rings is 2. The molecule has 1 heterocycles. The van der Waals surface area contributed by atoms with Crippen LogP contribution in [0, 0.1) is 0 Å². The second-order valence-corrected chi connectivity index (χ2v) is 7.80. The number of carbonyl (C=O) groups excluding carboxylic acids is 1. The lowest BCUT2D eigenvalue weighted by molar-refractivity contribution is -0.128. The van der Waals surface area contributed by atoms with Crippen LogP contribution in [0.3, 0.4) is 0 Å². The van der Waals surface area contributed by atoms with Gasteiger partial charge in [-0.3, -0.25) is 9.00 Å². The first-order valence-electron chi connectivity index (χ1n) is 8.31. The molecule has 1 amide bonds. The van der Waals surface area contributed by atoms with Gasteiger partial charge < -0.3 is 14.4 Å². The van der Waals surface area contributed by atoms with Gasteiger partial charge in [-0.15, -0.1) is 0 Å². The molecule has 0 bridgehead atoms. The topological polar surface area (TPSA) is 55.8 Å². The second-order valence-electron chi connectivity index (χ2n) is 5.93. The van der Waals surface area contributed by atoms with Crippen molar-refractivity contribution >= 4 is 28.3 Å². The molecule has 2 aromatic rings. The van der Waals surface area contributed by atoms with Crippen LogP contribution in [0.1, 0.15) is 18.1 Å². The van der Waals surface area contributed by atoms with E-state index in [9.17, 15) is 9.00 Å². The first kappa shape index (κ1) is 18.7. The Balaban J connectivity index is 1.60. The van der Waals surface area contributed by atoms with Gasteiger partial charge in [0, 0.05) is 29.6 Å². The van der Waals surface area contributed by atoms with Crippen molar-refractivity contribution in [1.29, 1.82) is 0 Å². The summed E-state index contributed by atoms with van der Waals surface area (Å²) in [6, 6.07) is 13.2. The van der Waals surface area contributed by atoms with E-state index in [2.05, 4.69) is 0 Å². The summed E-state index contributed by atoms with van der Waals surface area (Å²) in [5, 5.41) is 0.428. The maximum Gasteiger partial charge on any atom is 0.235 e. The maximum absolute atomic E-state index is 12.5. The zero-order valence-corrected chi connectivity index (χ0v) is 16.0. The van der Waals surface area contributed by atoms with Crippen molar-refractivity contribution in [3.05, 3.63) is 58.6 Å². The van der Waals surface area contributed by atoms with E-state index in [1.807, 2.05) is 37.3 Å². The van der Waals surface area contributed by atoms with Gasteiger partial charge in [-0.2, -0.15) is 0 Å². The van der Waals surface area contributed by atoms with Gasteiger partial charge in [-0.1, -0.05) is 41.9 Å². The summed E-state index contributed by atoms with van der Waals surface area (Å²) in [7, 11) is -1.33. The van der Waals surface area contributed by atoms with Gasteiger partial charge in [-0.05, 0) is 30.2 Å². The van der Waals surface area contributed by atoms with E-state index in [-0.39, 0.29) is 24.2 Å². The Kier molecular flexibility index (Phi) is 6.16. The Morgan fingerprint density at radius 3 is 2.69 bits per heavy atom. The molecule has 1 aliphatic rings. The van der Waals surface area contributed by atoms with Crippen molar-refractivity contribution in [2.45, 2.75) is 19.2 Å². The Morgan fingerprint density at radius 1 is 1.19 bits per heavy atom. The molecule has 7 heteroatoms. The Labute approximate surface area is 160 Å². The Bertz CT molecular complexity index is 813. The lowest BCUT2D eigenvalue weighted by atomic mass is 10.2. The summed E-state index contributed by atoms with van der Waals surface area (Å²) in [6.07, 6.45) is 0. The SMILES string of the molecule is CCN(Cc1ccccc1)C(=O)CS(=O)Cc1cc(Cl)c2c(c1)OCO2. The van der Waals surface area contributed by atoms with Gasteiger partial charge in [0.2, 0.25) is 12.7 Å². The van der Waals surface area contributed by atoms with E-state index in [0.29, 0.717) is 29.6 Å². The number of hydrogen-bond donors (Lipinski definition) is 0. The first-order chi connectivity index (χ1) is 12.6. The lowest BCUT2D eigenvalue weighted by Gasteiger charge is -2.21. The average molecular weight is 394 g/mol. The highest BCUT2D eigenvalue weighted by Crippen LogP contribution is 2.40. The number of nitrogens with zero attached hydrogens (tertiary/aromatic N) is 1. The fourth-order valence-corrected chi connectivity index (χ4v) is 4.14. The minimum absolute atomic E-state index is 0.0211. The normalized spacial score (nSPS) is 13.5. The summed E-state index contributed by atoms with van der Waals surface area (Å²) >= 11 is 6.15. The maximum atomic E-state index is 12.5. The molecule has 0 aliphatic carbocycles. The third-order valence-corrected chi connectivity index (χ3v) is 5.55. The van der Waals surface area contributed by atoms with E-state index in [1.54, 1.807) is 17.0 Å². The van der Waals surface area contributed by atoms with Gasteiger partial charge >= 0.3 is 0 Å². The third-order valence-electron chi connectivity index (χ3n) is 4.05. The van der Waals surface area contributed by atoms with E-state index in [4.69, 9.17) is 21.1 Å².